The second-order valence-corrected chi connectivity index (χ2v) is 6.14. The van der Waals surface area contributed by atoms with Gasteiger partial charge in [-0.05, 0) is 38.7 Å². The lowest BCUT2D eigenvalue weighted by molar-refractivity contribution is 0.279. The van der Waals surface area contributed by atoms with Crippen molar-refractivity contribution in [2.75, 3.05) is 6.61 Å². The van der Waals surface area contributed by atoms with E-state index >= 15 is 0 Å². The highest BCUT2D eigenvalue weighted by Gasteiger charge is 2.08. The lowest BCUT2D eigenvalue weighted by Gasteiger charge is -2.20. The van der Waals surface area contributed by atoms with Crippen LogP contribution in [-0.4, -0.2) is 17.1 Å². The Labute approximate surface area is 111 Å². The van der Waals surface area contributed by atoms with Crippen LogP contribution < -0.4 is 10.1 Å². The van der Waals surface area contributed by atoms with Crippen molar-refractivity contribution in [1.82, 2.24) is 10.3 Å². The molecule has 0 unspecified atom stereocenters. The van der Waals surface area contributed by atoms with Gasteiger partial charge in [-0.1, -0.05) is 19.9 Å². The van der Waals surface area contributed by atoms with Crippen LogP contribution in [0.2, 0.25) is 0 Å². The SMILES string of the molecule is CC(C)CCOc1ccc(CNC(C)(C)C)cn1. The number of aromatic nitrogens is 1. The molecule has 1 heterocycles. The third-order valence-electron chi connectivity index (χ3n) is 2.57. The summed E-state index contributed by atoms with van der Waals surface area (Å²) < 4.78 is 5.59. The molecule has 0 radical (unpaired) electrons. The summed E-state index contributed by atoms with van der Waals surface area (Å²) in [5.41, 5.74) is 1.31. The Morgan fingerprint density at radius 2 is 2.00 bits per heavy atom. The van der Waals surface area contributed by atoms with Gasteiger partial charge in [0.1, 0.15) is 0 Å². The second-order valence-electron chi connectivity index (χ2n) is 6.14. The van der Waals surface area contributed by atoms with Crippen molar-refractivity contribution in [2.45, 2.75) is 53.1 Å². The molecular formula is C15H26N2O. The van der Waals surface area contributed by atoms with E-state index in [0.29, 0.717) is 5.92 Å². The van der Waals surface area contributed by atoms with Gasteiger partial charge in [-0.15, -0.1) is 0 Å². The minimum Gasteiger partial charge on any atom is -0.478 e. The molecular weight excluding hydrogens is 224 g/mol. The fraction of sp³-hybridized carbons (Fsp3) is 0.667. The number of pyridine rings is 1. The number of nitrogens with one attached hydrogen (secondary N) is 1. The number of nitrogens with zero attached hydrogens (tertiary/aromatic N) is 1. The first-order chi connectivity index (χ1) is 8.37. The van der Waals surface area contributed by atoms with Crippen molar-refractivity contribution in [3.63, 3.8) is 0 Å². The Morgan fingerprint density at radius 3 is 2.50 bits per heavy atom. The fourth-order valence-corrected chi connectivity index (χ4v) is 1.37. The van der Waals surface area contributed by atoms with Gasteiger partial charge in [0, 0.05) is 24.3 Å². The van der Waals surface area contributed by atoms with Crippen LogP contribution >= 0.6 is 0 Å². The van der Waals surface area contributed by atoms with Crippen LogP contribution in [0.4, 0.5) is 0 Å². The molecule has 18 heavy (non-hydrogen) atoms. The lowest BCUT2D eigenvalue weighted by atomic mass is 10.1. The van der Waals surface area contributed by atoms with Crippen LogP contribution in [0.15, 0.2) is 18.3 Å². The van der Waals surface area contributed by atoms with Crippen molar-refractivity contribution < 1.29 is 4.74 Å². The summed E-state index contributed by atoms with van der Waals surface area (Å²) >= 11 is 0. The van der Waals surface area contributed by atoms with Crippen molar-refractivity contribution >= 4 is 0 Å². The van der Waals surface area contributed by atoms with Crippen molar-refractivity contribution in [2.24, 2.45) is 5.92 Å². The molecule has 0 fully saturated rings. The maximum Gasteiger partial charge on any atom is 0.213 e. The molecule has 1 aromatic rings. The summed E-state index contributed by atoms with van der Waals surface area (Å²) in [6.07, 6.45) is 2.94. The van der Waals surface area contributed by atoms with E-state index in [1.54, 1.807) is 0 Å². The van der Waals surface area contributed by atoms with E-state index < -0.39 is 0 Å². The van der Waals surface area contributed by atoms with E-state index in [2.05, 4.69) is 51.0 Å². The molecule has 0 saturated heterocycles. The summed E-state index contributed by atoms with van der Waals surface area (Å²) in [4.78, 5) is 4.31. The largest absolute Gasteiger partial charge is 0.478 e. The molecule has 3 nitrogen and oxygen atoms in total. The normalized spacial score (nSPS) is 11.9. The molecule has 3 heteroatoms. The highest BCUT2D eigenvalue weighted by atomic mass is 16.5. The Morgan fingerprint density at radius 1 is 1.28 bits per heavy atom. The Hall–Kier alpha value is -1.09. The van der Waals surface area contributed by atoms with E-state index in [-0.39, 0.29) is 5.54 Å². The second kappa shape index (κ2) is 6.74. The van der Waals surface area contributed by atoms with Crippen molar-refractivity contribution in [3.8, 4) is 5.88 Å². The molecule has 1 aromatic heterocycles. The number of rotatable bonds is 6. The number of hydrogen-bond acceptors (Lipinski definition) is 3. The smallest absolute Gasteiger partial charge is 0.213 e. The molecule has 0 aromatic carbocycles. The Bertz CT molecular complexity index is 339. The summed E-state index contributed by atoms with van der Waals surface area (Å²) in [7, 11) is 0. The topological polar surface area (TPSA) is 34.1 Å². The summed E-state index contributed by atoms with van der Waals surface area (Å²) in [5.74, 6) is 1.38. The van der Waals surface area contributed by atoms with Gasteiger partial charge in [-0.3, -0.25) is 0 Å². The van der Waals surface area contributed by atoms with Gasteiger partial charge >= 0.3 is 0 Å². The molecule has 0 aliphatic carbocycles. The molecule has 102 valence electrons. The van der Waals surface area contributed by atoms with Crippen LogP contribution in [0.1, 0.15) is 46.6 Å². The molecule has 1 rings (SSSR count). The molecule has 0 saturated carbocycles. The first kappa shape index (κ1) is 15.0. The molecule has 0 aliphatic rings. The van der Waals surface area contributed by atoms with Crippen LogP contribution in [0.3, 0.4) is 0 Å². The molecule has 0 spiro atoms. The standard InChI is InChI=1S/C15H26N2O/c1-12(2)8-9-18-14-7-6-13(10-16-14)11-17-15(3,4)5/h6-7,10,12,17H,8-9,11H2,1-5H3. The summed E-state index contributed by atoms with van der Waals surface area (Å²) in [6.45, 7) is 12.4. The lowest BCUT2D eigenvalue weighted by Crippen LogP contribution is -2.35. The van der Waals surface area contributed by atoms with Gasteiger partial charge in [0.25, 0.3) is 0 Å². The van der Waals surface area contributed by atoms with Gasteiger partial charge in [-0.25, -0.2) is 4.98 Å². The van der Waals surface area contributed by atoms with E-state index in [9.17, 15) is 0 Å². The summed E-state index contributed by atoms with van der Waals surface area (Å²) in [5, 5.41) is 3.43. The Balaban J connectivity index is 2.38. The Kier molecular flexibility index (Phi) is 5.60. The van der Waals surface area contributed by atoms with Crippen LogP contribution in [-0.2, 0) is 6.54 Å². The monoisotopic (exact) mass is 250 g/mol. The first-order valence-corrected chi connectivity index (χ1v) is 6.69. The predicted molar refractivity (Wildman–Crippen MR) is 75.8 cm³/mol. The van der Waals surface area contributed by atoms with Crippen molar-refractivity contribution in [3.05, 3.63) is 23.9 Å². The fourth-order valence-electron chi connectivity index (χ4n) is 1.37. The molecule has 1 N–H and O–H groups in total. The zero-order chi connectivity index (χ0) is 13.6. The minimum atomic E-state index is 0.131. The molecule has 0 bridgehead atoms. The third kappa shape index (κ3) is 6.60. The van der Waals surface area contributed by atoms with Crippen LogP contribution in [0.25, 0.3) is 0 Å². The van der Waals surface area contributed by atoms with Crippen LogP contribution in [0, 0.1) is 5.92 Å². The maximum atomic E-state index is 5.59. The van der Waals surface area contributed by atoms with E-state index in [1.807, 2.05) is 12.3 Å². The third-order valence-corrected chi connectivity index (χ3v) is 2.57. The average Bonchev–Trinajstić information content (AvgIpc) is 2.26. The first-order valence-electron chi connectivity index (χ1n) is 6.69. The zero-order valence-corrected chi connectivity index (χ0v) is 12.3. The maximum absolute atomic E-state index is 5.59. The van der Waals surface area contributed by atoms with E-state index in [4.69, 9.17) is 4.74 Å². The zero-order valence-electron chi connectivity index (χ0n) is 12.3. The summed E-state index contributed by atoms with van der Waals surface area (Å²) in [6, 6.07) is 4.01. The van der Waals surface area contributed by atoms with Crippen LogP contribution in [0.5, 0.6) is 5.88 Å². The number of hydrogen-bond donors (Lipinski definition) is 1. The highest BCUT2D eigenvalue weighted by Crippen LogP contribution is 2.10. The minimum absolute atomic E-state index is 0.131. The average molecular weight is 250 g/mol. The predicted octanol–water partition coefficient (Wildman–Crippen LogP) is 3.39. The van der Waals surface area contributed by atoms with E-state index in [0.717, 1.165) is 25.5 Å². The van der Waals surface area contributed by atoms with Gasteiger partial charge in [0.15, 0.2) is 0 Å². The van der Waals surface area contributed by atoms with Gasteiger partial charge in [-0.2, -0.15) is 0 Å². The highest BCUT2D eigenvalue weighted by molar-refractivity contribution is 5.17. The number of ether oxygens (including phenoxy) is 1. The molecule has 0 atom stereocenters. The van der Waals surface area contributed by atoms with Crippen molar-refractivity contribution in [1.29, 1.82) is 0 Å². The van der Waals surface area contributed by atoms with Gasteiger partial charge < -0.3 is 10.1 Å². The van der Waals surface area contributed by atoms with Gasteiger partial charge in [0.2, 0.25) is 5.88 Å². The van der Waals surface area contributed by atoms with E-state index in [1.165, 1.54) is 5.56 Å². The molecule has 0 amide bonds. The molecule has 0 aliphatic heterocycles. The van der Waals surface area contributed by atoms with Gasteiger partial charge in [0.05, 0.1) is 6.61 Å². The quantitative estimate of drug-likeness (QED) is 0.840.